The molecule has 0 aliphatic carbocycles. The van der Waals surface area contributed by atoms with E-state index in [2.05, 4.69) is 0 Å². The lowest BCUT2D eigenvalue weighted by molar-refractivity contribution is -0.385. The summed E-state index contributed by atoms with van der Waals surface area (Å²) in [6.07, 6.45) is -3.48. The number of nitro benzene ring substituents is 1. The molecular formula is C10H5ClF3NO4. The van der Waals surface area contributed by atoms with Crippen LogP contribution in [0.5, 0.6) is 0 Å². The summed E-state index contributed by atoms with van der Waals surface area (Å²) < 4.78 is 37.6. The molecule has 0 radical (unpaired) electrons. The number of aliphatic carboxylic acids is 1. The Hall–Kier alpha value is -2.09. The van der Waals surface area contributed by atoms with E-state index in [-0.39, 0.29) is 11.6 Å². The lowest BCUT2D eigenvalue weighted by Gasteiger charge is -2.09. The molecule has 0 fully saturated rings. The van der Waals surface area contributed by atoms with Crippen LogP contribution >= 0.6 is 11.6 Å². The molecular weight excluding hydrogens is 291 g/mol. The van der Waals surface area contributed by atoms with Crippen LogP contribution in [-0.2, 0) is 11.0 Å². The molecule has 9 heteroatoms. The Morgan fingerprint density at radius 1 is 1.42 bits per heavy atom. The van der Waals surface area contributed by atoms with Crippen LogP contribution in [0.2, 0.25) is 5.02 Å². The highest BCUT2D eigenvalue weighted by Crippen LogP contribution is 2.38. The highest BCUT2D eigenvalue weighted by Gasteiger charge is 2.35. The van der Waals surface area contributed by atoms with Gasteiger partial charge in [-0.1, -0.05) is 11.6 Å². The second kappa shape index (κ2) is 5.27. The second-order valence-corrected chi connectivity index (χ2v) is 3.72. The normalized spacial score (nSPS) is 11.8. The summed E-state index contributed by atoms with van der Waals surface area (Å²) in [5, 5.41) is 18.3. The second-order valence-electron chi connectivity index (χ2n) is 3.32. The van der Waals surface area contributed by atoms with E-state index in [0.717, 1.165) is 6.08 Å². The molecule has 102 valence electrons. The third-order valence-corrected chi connectivity index (χ3v) is 2.34. The molecule has 1 aromatic carbocycles. The molecule has 1 rings (SSSR count). The molecule has 0 aliphatic rings. The number of rotatable bonds is 3. The quantitative estimate of drug-likeness (QED) is 0.526. The van der Waals surface area contributed by atoms with Crippen molar-refractivity contribution in [3.63, 3.8) is 0 Å². The van der Waals surface area contributed by atoms with E-state index >= 15 is 0 Å². The van der Waals surface area contributed by atoms with Gasteiger partial charge in [-0.15, -0.1) is 0 Å². The molecule has 0 saturated heterocycles. The van der Waals surface area contributed by atoms with Crippen molar-refractivity contribution in [3.8, 4) is 0 Å². The number of carbonyl (C=O) groups is 1. The number of alkyl halides is 3. The van der Waals surface area contributed by atoms with Gasteiger partial charge in [0.05, 0.1) is 21.1 Å². The van der Waals surface area contributed by atoms with Crippen LogP contribution in [0.25, 0.3) is 6.08 Å². The fourth-order valence-corrected chi connectivity index (χ4v) is 1.53. The highest BCUT2D eigenvalue weighted by atomic mass is 35.5. The van der Waals surface area contributed by atoms with Gasteiger partial charge in [0.2, 0.25) is 0 Å². The van der Waals surface area contributed by atoms with Gasteiger partial charge in [0.15, 0.2) is 0 Å². The van der Waals surface area contributed by atoms with Gasteiger partial charge in [-0.2, -0.15) is 13.2 Å². The smallest absolute Gasteiger partial charge is 0.418 e. The van der Waals surface area contributed by atoms with Crippen LogP contribution in [-0.4, -0.2) is 16.0 Å². The van der Waals surface area contributed by atoms with Crippen molar-refractivity contribution in [1.29, 1.82) is 0 Å². The van der Waals surface area contributed by atoms with Crippen LogP contribution in [0.3, 0.4) is 0 Å². The topological polar surface area (TPSA) is 80.4 Å². The lowest BCUT2D eigenvalue weighted by Crippen LogP contribution is -2.07. The van der Waals surface area contributed by atoms with Crippen LogP contribution in [0.1, 0.15) is 11.1 Å². The Morgan fingerprint density at radius 3 is 2.42 bits per heavy atom. The first kappa shape index (κ1) is 15.0. The van der Waals surface area contributed by atoms with Crippen LogP contribution < -0.4 is 0 Å². The zero-order valence-electron chi connectivity index (χ0n) is 8.94. The van der Waals surface area contributed by atoms with Crippen molar-refractivity contribution < 1.29 is 28.0 Å². The van der Waals surface area contributed by atoms with Crippen LogP contribution in [0, 0.1) is 10.1 Å². The summed E-state index contributed by atoms with van der Waals surface area (Å²) in [6, 6.07) is 0.964. The minimum atomic E-state index is -4.84. The first-order valence-electron chi connectivity index (χ1n) is 4.59. The highest BCUT2D eigenvalue weighted by molar-refractivity contribution is 6.31. The van der Waals surface area contributed by atoms with E-state index in [1.807, 2.05) is 0 Å². The molecule has 0 aliphatic heterocycles. The number of hydrogen-bond donors (Lipinski definition) is 1. The van der Waals surface area contributed by atoms with E-state index in [9.17, 15) is 28.1 Å². The largest absolute Gasteiger partial charge is 0.478 e. The van der Waals surface area contributed by atoms with Crippen LogP contribution in [0.15, 0.2) is 18.2 Å². The average molecular weight is 296 g/mol. The van der Waals surface area contributed by atoms with Gasteiger partial charge in [0, 0.05) is 12.1 Å². The fourth-order valence-electron chi connectivity index (χ4n) is 1.25. The van der Waals surface area contributed by atoms with Crippen molar-refractivity contribution in [1.82, 2.24) is 0 Å². The number of benzene rings is 1. The number of carboxylic acid groups (broad SMARTS) is 1. The minimum Gasteiger partial charge on any atom is -0.478 e. The van der Waals surface area contributed by atoms with E-state index < -0.39 is 33.3 Å². The molecule has 0 bridgehead atoms. The number of nitro groups is 1. The molecule has 0 aromatic heterocycles. The zero-order valence-corrected chi connectivity index (χ0v) is 9.70. The maximum atomic E-state index is 12.5. The van der Waals surface area contributed by atoms with E-state index in [4.69, 9.17) is 16.7 Å². The van der Waals surface area contributed by atoms with Crippen molar-refractivity contribution >= 4 is 29.3 Å². The first-order chi connectivity index (χ1) is 8.62. The minimum absolute atomic E-state index is 0.268. The van der Waals surface area contributed by atoms with E-state index in [0.29, 0.717) is 12.1 Å². The number of halogens is 4. The standard InChI is InChI=1S/C10H5ClF3NO4/c11-7-3-5(1-2-9(16)17)8(15(18)19)4-6(7)10(12,13)14/h1-4H,(H,16,17). The van der Waals surface area contributed by atoms with Gasteiger partial charge < -0.3 is 5.11 Å². The molecule has 1 N–H and O–H groups in total. The Kier molecular flexibility index (Phi) is 4.15. The van der Waals surface area contributed by atoms with Gasteiger partial charge in [-0.05, 0) is 12.1 Å². The third kappa shape index (κ3) is 3.68. The van der Waals surface area contributed by atoms with Crippen molar-refractivity contribution in [2.24, 2.45) is 0 Å². The molecule has 1 aromatic rings. The average Bonchev–Trinajstić information content (AvgIpc) is 2.23. The van der Waals surface area contributed by atoms with Crippen molar-refractivity contribution in [2.75, 3.05) is 0 Å². The number of nitrogens with zero attached hydrogens (tertiary/aromatic N) is 1. The predicted octanol–water partition coefficient (Wildman–Crippen LogP) is 3.36. The maximum Gasteiger partial charge on any atom is 0.418 e. The molecule has 0 atom stereocenters. The van der Waals surface area contributed by atoms with Crippen LogP contribution in [0.4, 0.5) is 18.9 Å². The summed E-state index contributed by atoms with van der Waals surface area (Å²) in [6.45, 7) is 0. The summed E-state index contributed by atoms with van der Waals surface area (Å²) in [5.74, 6) is -1.40. The summed E-state index contributed by atoms with van der Waals surface area (Å²) in [5.41, 5.74) is -2.56. The Morgan fingerprint density at radius 2 is 2.00 bits per heavy atom. The first-order valence-corrected chi connectivity index (χ1v) is 4.97. The zero-order chi connectivity index (χ0) is 14.8. The van der Waals surface area contributed by atoms with Gasteiger partial charge in [0.1, 0.15) is 0 Å². The molecule has 19 heavy (non-hydrogen) atoms. The fraction of sp³-hybridized carbons (Fsp3) is 0.100. The van der Waals surface area contributed by atoms with Gasteiger partial charge in [0.25, 0.3) is 5.69 Å². The SMILES string of the molecule is O=C(O)C=Cc1cc(Cl)c(C(F)(F)F)cc1[N+](=O)[O-]. The predicted molar refractivity (Wildman–Crippen MR) is 59.8 cm³/mol. The summed E-state index contributed by atoms with van der Waals surface area (Å²) >= 11 is 5.38. The monoisotopic (exact) mass is 295 g/mol. The molecule has 0 saturated carbocycles. The molecule has 0 heterocycles. The third-order valence-electron chi connectivity index (χ3n) is 2.02. The van der Waals surface area contributed by atoms with Gasteiger partial charge in [-0.25, -0.2) is 4.79 Å². The molecule has 0 unspecified atom stereocenters. The Balaban J connectivity index is 3.46. The maximum absolute atomic E-state index is 12.5. The van der Waals surface area contributed by atoms with E-state index in [1.54, 1.807) is 0 Å². The number of carboxylic acids is 1. The number of hydrogen-bond acceptors (Lipinski definition) is 3. The Bertz CT molecular complexity index is 569. The lowest BCUT2D eigenvalue weighted by atomic mass is 10.1. The van der Waals surface area contributed by atoms with Gasteiger partial charge >= 0.3 is 12.1 Å². The van der Waals surface area contributed by atoms with Gasteiger partial charge in [-0.3, -0.25) is 10.1 Å². The summed E-state index contributed by atoms with van der Waals surface area (Å²) in [7, 11) is 0. The molecule has 5 nitrogen and oxygen atoms in total. The van der Waals surface area contributed by atoms with Crippen molar-refractivity contribution in [2.45, 2.75) is 6.18 Å². The van der Waals surface area contributed by atoms with E-state index in [1.165, 1.54) is 0 Å². The van der Waals surface area contributed by atoms with Crippen molar-refractivity contribution in [3.05, 3.63) is 44.5 Å². The molecule has 0 spiro atoms. The Labute approximate surface area is 109 Å². The summed E-state index contributed by atoms with van der Waals surface area (Å²) in [4.78, 5) is 19.9. The molecule has 0 amide bonds.